The number of carbonyl (C=O) groups is 1. The van der Waals surface area contributed by atoms with Crippen molar-refractivity contribution in [1.29, 1.82) is 0 Å². The van der Waals surface area contributed by atoms with Crippen LogP contribution in [0.2, 0.25) is 0 Å². The van der Waals surface area contributed by atoms with Crippen LogP contribution in [0.4, 0.5) is 0 Å². The quantitative estimate of drug-likeness (QED) is 0.287. The van der Waals surface area contributed by atoms with Crippen LogP contribution < -0.4 is 10.3 Å². The average molecular weight is 533 g/mol. The molecule has 0 bridgehead atoms. The average Bonchev–Trinajstić information content (AvgIpc) is 3.33. The fourth-order valence-electron chi connectivity index (χ4n) is 4.82. The van der Waals surface area contributed by atoms with E-state index >= 15 is 0 Å². The summed E-state index contributed by atoms with van der Waals surface area (Å²) in [5.74, 6) is 0.947. The van der Waals surface area contributed by atoms with Gasteiger partial charge in [-0.05, 0) is 89.5 Å². The number of nitrogens with one attached hydrogen (secondary N) is 1. The summed E-state index contributed by atoms with van der Waals surface area (Å²) >= 11 is 0. The number of hydrogen-bond acceptors (Lipinski definition) is 8. The van der Waals surface area contributed by atoms with Gasteiger partial charge in [-0.2, -0.15) is 0 Å². The van der Waals surface area contributed by atoms with Crippen molar-refractivity contribution in [2.24, 2.45) is 5.92 Å². The van der Waals surface area contributed by atoms with Gasteiger partial charge in [0.1, 0.15) is 12.3 Å². The van der Waals surface area contributed by atoms with Gasteiger partial charge in [-0.15, -0.1) is 5.10 Å². The monoisotopic (exact) mass is 532 g/mol. The number of aryl methyl sites for hydroxylation is 2. The number of methoxy groups -OCH3 is 1. The largest absolute Gasteiger partial charge is 0.497 e. The standard InChI is InChI=1S/C29H36N6O4/c1-7-39-26(36)17-35-28(31-32-33-35)27(18(2)3)34(15-21-8-10-24(38-6)11-9-21)16-23-14-22-12-19(4)20(5)13-25(22)30-29(23)37/h8-14,18,27H,7,15-17H2,1-6H3,(H,30,37). The minimum Gasteiger partial charge on any atom is -0.497 e. The highest BCUT2D eigenvalue weighted by Gasteiger charge is 2.30. The highest BCUT2D eigenvalue weighted by molar-refractivity contribution is 5.80. The van der Waals surface area contributed by atoms with Gasteiger partial charge >= 0.3 is 5.97 Å². The summed E-state index contributed by atoms with van der Waals surface area (Å²) in [7, 11) is 1.63. The molecule has 0 aliphatic carbocycles. The van der Waals surface area contributed by atoms with Crippen LogP contribution in [-0.2, 0) is 29.2 Å². The van der Waals surface area contributed by atoms with Gasteiger partial charge in [0.15, 0.2) is 5.82 Å². The number of tetrazole rings is 1. The summed E-state index contributed by atoms with van der Waals surface area (Å²) in [6.45, 7) is 11.1. The van der Waals surface area contributed by atoms with Crippen molar-refractivity contribution >= 4 is 16.9 Å². The number of nitrogens with zero attached hydrogens (tertiary/aromatic N) is 5. The van der Waals surface area contributed by atoms with E-state index in [1.807, 2.05) is 43.3 Å². The number of ether oxygens (including phenoxy) is 2. The van der Waals surface area contributed by atoms with Crippen molar-refractivity contribution in [2.45, 2.75) is 60.3 Å². The molecule has 0 amide bonds. The fourth-order valence-corrected chi connectivity index (χ4v) is 4.82. The van der Waals surface area contributed by atoms with Crippen LogP contribution in [0.25, 0.3) is 10.9 Å². The van der Waals surface area contributed by atoms with E-state index in [2.05, 4.69) is 52.2 Å². The molecular weight excluding hydrogens is 496 g/mol. The minimum atomic E-state index is -0.410. The Labute approximate surface area is 227 Å². The third-order valence-electron chi connectivity index (χ3n) is 6.89. The Kier molecular flexibility index (Phi) is 8.75. The van der Waals surface area contributed by atoms with Crippen LogP contribution in [0.15, 0.2) is 47.3 Å². The number of benzene rings is 2. The maximum atomic E-state index is 13.3. The molecule has 10 nitrogen and oxygen atoms in total. The molecule has 39 heavy (non-hydrogen) atoms. The number of rotatable bonds is 11. The van der Waals surface area contributed by atoms with Gasteiger partial charge in [-0.25, -0.2) is 4.68 Å². The van der Waals surface area contributed by atoms with Crippen LogP contribution >= 0.6 is 0 Å². The predicted octanol–water partition coefficient (Wildman–Crippen LogP) is 4.10. The molecule has 1 N–H and O–H groups in total. The summed E-state index contributed by atoms with van der Waals surface area (Å²) in [4.78, 5) is 30.8. The molecule has 1 unspecified atom stereocenters. The molecule has 2 aromatic carbocycles. The Morgan fingerprint density at radius 3 is 2.46 bits per heavy atom. The molecule has 0 radical (unpaired) electrons. The van der Waals surface area contributed by atoms with Gasteiger partial charge in [-0.1, -0.05) is 26.0 Å². The van der Waals surface area contributed by atoms with Crippen LogP contribution in [0.1, 0.15) is 54.9 Å². The molecule has 4 rings (SSSR count). The highest BCUT2D eigenvalue weighted by atomic mass is 16.5. The zero-order valence-corrected chi connectivity index (χ0v) is 23.4. The molecule has 4 aromatic rings. The van der Waals surface area contributed by atoms with Crippen molar-refractivity contribution in [3.63, 3.8) is 0 Å². The SMILES string of the molecule is CCOC(=O)Cn1nnnc1C(C(C)C)N(Cc1ccc(OC)cc1)Cc1cc2cc(C)c(C)cc2[nH]c1=O. The second-order valence-corrected chi connectivity index (χ2v) is 10.1. The van der Waals surface area contributed by atoms with Gasteiger partial charge in [0.2, 0.25) is 0 Å². The van der Waals surface area contributed by atoms with Crippen molar-refractivity contribution < 1.29 is 14.3 Å². The third kappa shape index (κ3) is 6.51. The lowest BCUT2D eigenvalue weighted by molar-refractivity contribution is -0.144. The normalized spacial score (nSPS) is 12.3. The van der Waals surface area contributed by atoms with E-state index in [0.29, 0.717) is 24.5 Å². The molecular formula is C29H36N6O4. The van der Waals surface area contributed by atoms with E-state index in [-0.39, 0.29) is 30.7 Å². The Morgan fingerprint density at radius 2 is 1.79 bits per heavy atom. The first-order chi connectivity index (χ1) is 18.7. The van der Waals surface area contributed by atoms with Gasteiger partial charge < -0.3 is 14.5 Å². The number of aromatic amines is 1. The molecule has 0 aliphatic heterocycles. The molecule has 2 heterocycles. The van der Waals surface area contributed by atoms with E-state index in [1.54, 1.807) is 14.0 Å². The molecule has 2 aromatic heterocycles. The number of pyridine rings is 1. The van der Waals surface area contributed by atoms with E-state index in [1.165, 1.54) is 4.68 Å². The molecule has 0 spiro atoms. The Morgan fingerprint density at radius 1 is 1.08 bits per heavy atom. The number of hydrogen-bond donors (Lipinski definition) is 1. The van der Waals surface area contributed by atoms with E-state index < -0.39 is 5.97 Å². The van der Waals surface area contributed by atoms with E-state index in [4.69, 9.17) is 9.47 Å². The first-order valence-electron chi connectivity index (χ1n) is 13.1. The summed E-state index contributed by atoms with van der Waals surface area (Å²) in [5.41, 5.74) is 4.63. The number of H-pyrrole nitrogens is 1. The second kappa shape index (κ2) is 12.2. The molecule has 10 heteroatoms. The summed E-state index contributed by atoms with van der Waals surface area (Å²) in [6.07, 6.45) is 0. The molecule has 206 valence electrons. The van der Waals surface area contributed by atoms with Crippen molar-refractivity contribution in [1.82, 2.24) is 30.1 Å². The second-order valence-electron chi connectivity index (χ2n) is 10.1. The fraction of sp³-hybridized carbons (Fsp3) is 0.414. The first kappa shape index (κ1) is 28.0. The topological polar surface area (TPSA) is 115 Å². The summed E-state index contributed by atoms with van der Waals surface area (Å²) < 4.78 is 11.9. The minimum absolute atomic E-state index is 0.0552. The summed E-state index contributed by atoms with van der Waals surface area (Å²) in [6, 6.07) is 13.6. The molecule has 0 saturated carbocycles. The maximum Gasteiger partial charge on any atom is 0.327 e. The third-order valence-corrected chi connectivity index (χ3v) is 6.89. The van der Waals surface area contributed by atoms with Crippen LogP contribution in [0.5, 0.6) is 5.75 Å². The molecule has 0 aliphatic rings. The van der Waals surface area contributed by atoms with Gasteiger partial charge in [0, 0.05) is 24.2 Å². The lowest BCUT2D eigenvalue weighted by Gasteiger charge is -2.33. The number of fused-ring (bicyclic) bond motifs is 1. The smallest absolute Gasteiger partial charge is 0.327 e. The van der Waals surface area contributed by atoms with Crippen molar-refractivity contribution in [3.05, 3.63) is 80.9 Å². The van der Waals surface area contributed by atoms with Gasteiger partial charge in [0.25, 0.3) is 5.56 Å². The van der Waals surface area contributed by atoms with Crippen molar-refractivity contribution in [2.75, 3.05) is 13.7 Å². The first-order valence-corrected chi connectivity index (χ1v) is 13.1. The van der Waals surface area contributed by atoms with Crippen LogP contribution in [0, 0.1) is 19.8 Å². The zero-order valence-electron chi connectivity index (χ0n) is 23.4. The molecule has 0 saturated heterocycles. The van der Waals surface area contributed by atoms with Crippen molar-refractivity contribution in [3.8, 4) is 5.75 Å². The Hall–Kier alpha value is -4.05. The zero-order chi connectivity index (χ0) is 28.1. The highest BCUT2D eigenvalue weighted by Crippen LogP contribution is 2.31. The Bertz CT molecular complexity index is 1490. The Balaban J connectivity index is 1.77. The molecule has 1 atom stereocenters. The van der Waals surface area contributed by atoms with Crippen LogP contribution in [0.3, 0.4) is 0 Å². The van der Waals surface area contributed by atoms with E-state index in [9.17, 15) is 9.59 Å². The summed E-state index contributed by atoms with van der Waals surface area (Å²) in [5, 5.41) is 13.3. The maximum absolute atomic E-state index is 13.3. The van der Waals surface area contributed by atoms with Gasteiger partial charge in [-0.3, -0.25) is 14.5 Å². The predicted molar refractivity (Wildman–Crippen MR) is 148 cm³/mol. The number of esters is 1. The number of aromatic nitrogens is 5. The number of carbonyl (C=O) groups excluding carboxylic acids is 1. The van der Waals surface area contributed by atoms with Gasteiger partial charge in [0.05, 0.1) is 19.8 Å². The van der Waals surface area contributed by atoms with Crippen LogP contribution in [-0.4, -0.2) is 49.8 Å². The lowest BCUT2D eigenvalue weighted by atomic mass is 9.99. The lowest BCUT2D eigenvalue weighted by Crippen LogP contribution is -2.35. The molecule has 0 fully saturated rings. The van der Waals surface area contributed by atoms with E-state index in [0.717, 1.165) is 33.3 Å².